The van der Waals surface area contributed by atoms with Crippen LogP contribution < -0.4 is 21.2 Å². The molecule has 0 spiro atoms. The number of carbonyl (C=O) groups is 1. The normalized spacial score (nSPS) is 11.1. The van der Waals surface area contributed by atoms with E-state index < -0.39 is 22.0 Å². The number of rotatable bonds is 9. The van der Waals surface area contributed by atoms with Crippen molar-refractivity contribution >= 4 is 43.2 Å². The molecule has 0 aromatic heterocycles. The van der Waals surface area contributed by atoms with Crippen molar-refractivity contribution in [1.82, 2.24) is 0 Å². The number of carboxylic acid groups (broad SMARTS) is 1. The molecule has 3 nitrogen and oxygen atoms in total. The Hall–Kier alpha value is -2.99. The second-order valence-corrected chi connectivity index (χ2v) is 12.7. The van der Waals surface area contributed by atoms with Gasteiger partial charge in [-0.3, -0.25) is 0 Å². The van der Waals surface area contributed by atoms with Crippen molar-refractivity contribution in [3.05, 3.63) is 121 Å². The van der Waals surface area contributed by atoms with Crippen LogP contribution in [-0.4, -0.2) is 23.3 Å². The molecule has 4 aromatic rings. The van der Waals surface area contributed by atoms with E-state index in [4.69, 9.17) is 9.84 Å². The zero-order valence-corrected chi connectivity index (χ0v) is 20.0. The highest BCUT2D eigenvalue weighted by Crippen LogP contribution is 2.57. The smallest absolute Gasteiger partial charge is 0.450 e. The van der Waals surface area contributed by atoms with E-state index in [1.165, 1.54) is 21.2 Å². The molecule has 0 heterocycles. The average molecular weight is 472 g/mol. The zero-order valence-electron chi connectivity index (χ0n) is 18.2. The number of hydrogen-bond donors (Lipinski definition) is 1. The summed E-state index contributed by atoms with van der Waals surface area (Å²) in [5, 5.41) is 14.5. The lowest BCUT2D eigenvalue weighted by Crippen LogP contribution is -2.28. The third kappa shape index (κ3) is 6.08. The highest BCUT2D eigenvalue weighted by molar-refractivity contribution is 7.89. The highest BCUT2D eigenvalue weighted by Gasteiger charge is 2.33. The van der Waals surface area contributed by atoms with E-state index in [0.717, 1.165) is 0 Å². The maximum atomic E-state index is 11.2. The molecular formula is C28H26O3P2. The minimum Gasteiger partial charge on any atom is -0.450 e. The second kappa shape index (κ2) is 11.8. The van der Waals surface area contributed by atoms with Crippen LogP contribution in [0.1, 0.15) is 6.42 Å². The Kier molecular flexibility index (Phi) is 8.25. The summed E-state index contributed by atoms with van der Waals surface area (Å²) in [5.74, 6) is 0. The highest BCUT2D eigenvalue weighted by atomic mass is 31.2. The Balaban J connectivity index is 1.87. The Bertz CT molecular complexity index is 961. The molecule has 0 aliphatic rings. The maximum Gasteiger partial charge on any atom is 0.505 e. The first kappa shape index (κ1) is 23.2. The standard InChI is InChI=1S/C28H26O3P2/c29-28(30)31-22-21-27(32(23-13-5-1-6-14-23)24-15-7-2-8-16-24)33(25-17-9-3-10-18-25)26-19-11-4-12-20-26/h1-20,27H,21-22H2,(H,29,30). The maximum absolute atomic E-state index is 11.2. The summed E-state index contributed by atoms with van der Waals surface area (Å²) in [6, 6.07) is 42.5. The predicted octanol–water partition coefficient (Wildman–Crippen LogP) is 5.66. The molecule has 33 heavy (non-hydrogen) atoms. The third-order valence-electron chi connectivity index (χ3n) is 5.34. The topological polar surface area (TPSA) is 46.5 Å². The van der Waals surface area contributed by atoms with Gasteiger partial charge >= 0.3 is 6.16 Å². The average Bonchev–Trinajstić information content (AvgIpc) is 2.87. The first-order valence-electron chi connectivity index (χ1n) is 10.9. The van der Waals surface area contributed by atoms with Crippen molar-refractivity contribution in [2.24, 2.45) is 0 Å². The lowest BCUT2D eigenvalue weighted by atomic mass is 10.4. The van der Waals surface area contributed by atoms with Crippen molar-refractivity contribution in [3.63, 3.8) is 0 Å². The van der Waals surface area contributed by atoms with E-state index >= 15 is 0 Å². The summed E-state index contributed by atoms with van der Waals surface area (Å²) in [6.45, 7) is 0.178. The van der Waals surface area contributed by atoms with E-state index in [1.54, 1.807) is 0 Å². The summed E-state index contributed by atoms with van der Waals surface area (Å²) in [4.78, 5) is 11.2. The van der Waals surface area contributed by atoms with Crippen LogP contribution in [0.3, 0.4) is 0 Å². The minimum atomic E-state index is -1.22. The molecule has 0 unspecified atom stereocenters. The van der Waals surface area contributed by atoms with Gasteiger partial charge in [0, 0.05) is 5.40 Å². The number of ether oxygens (including phenoxy) is 1. The molecule has 0 radical (unpaired) electrons. The van der Waals surface area contributed by atoms with Crippen molar-refractivity contribution in [1.29, 1.82) is 0 Å². The molecule has 0 atom stereocenters. The van der Waals surface area contributed by atoms with Crippen LogP contribution in [0, 0.1) is 0 Å². The molecule has 4 rings (SSSR count). The summed E-state index contributed by atoms with van der Waals surface area (Å²) in [6.07, 6.45) is -0.571. The van der Waals surface area contributed by atoms with Gasteiger partial charge in [0.25, 0.3) is 0 Å². The van der Waals surface area contributed by atoms with E-state index in [-0.39, 0.29) is 12.0 Å². The third-order valence-corrected chi connectivity index (χ3v) is 11.8. The van der Waals surface area contributed by atoms with Gasteiger partial charge in [-0.25, -0.2) is 4.79 Å². The molecule has 0 aliphatic carbocycles. The Labute approximate surface area is 197 Å². The van der Waals surface area contributed by atoms with Gasteiger partial charge in [-0.1, -0.05) is 121 Å². The summed E-state index contributed by atoms with van der Waals surface area (Å²) in [7, 11) is -1.55. The van der Waals surface area contributed by atoms with Crippen LogP contribution in [0.4, 0.5) is 4.79 Å². The lowest BCUT2D eigenvalue weighted by Gasteiger charge is -2.36. The van der Waals surface area contributed by atoms with Crippen LogP contribution in [0.25, 0.3) is 0 Å². The first-order valence-corrected chi connectivity index (χ1v) is 13.7. The Morgan fingerprint density at radius 1 is 0.606 bits per heavy atom. The van der Waals surface area contributed by atoms with Gasteiger partial charge in [0.15, 0.2) is 0 Å². The predicted molar refractivity (Wildman–Crippen MR) is 141 cm³/mol. The Morgan fingerprint density at radius 2 is 0.909 bits per heavy atom. The molecule has 5 heteroatoms. The van der Waals surface area contributed by atoms with E-state index in [9.17, 15) is 4.79 Å². The molecule has 0 saturated carbocycles. The summed E-state index contributed by atoms with van der Waals surface area (Å²) >= 11 is 0. The second-order valence-electron chi connectivity index (χ2n) is 7.47. The molecule has 0 bridgehead atoms. The minimum absolute atomic E-state index is 0.178. The number of hydrogen-bond acceptors (Lipinski definition) is 2. The zero-order chi connectivity index (χ0) is 22.9. The van der Waals surface area contributed by atoms with Crippen molar-refractivity contribution < 1.29 is 14.6 Å². The fourth-order valence-electron chi connectivity index (χ4n) is 3.97. The van der Waals surface area contributed by atoms with Crippen LogP contribution in [-0.2, 0) is 4.74 Å². The van der Waals surface area contributed by atoms with Crippen molar-refractivity contribution in [2.45, 2.75) is 11.8 Å². The Morgan fingerprint density at radius 3 is 1.18 bits per heavy atom. The molecule has 0 saturated heterocycles. The lowest BCUT2D eigenvalue weighted by molar-refractivity contribution is 0.0915. The van der Waals surface area contributed by atoms with Gasteiger partial charge in [-0.05, 0) is 43.5 Å². The van der Waals surface area contributed by atoms with Crippen LogP contribution in [0.2, 0.25) is 0 Å². The van der Waals surface area contributed by atoms with E-state index in [2.05, 4.69) is 97.1 Å². The fraction of sp³-hybridized carbons (Fsp3) is 0.107. The van der Waals surface area contributed by atoms with Gasteiger partial charge in [-0.2, -0.15) is 0 Å². The molecule has 0 fully saturated rings. The van der Waals surface area contributed by atoms with Gasteiger partial charge in [0.05, 0.1) is 6.61 Å². The first-order chi connectivity index (χ1) is 16.2. The molecule has 166 valence electrons. The quantitative estimate of drug-likeness (QED) is 0.253. The molecule has 0 amide bonds. The fourth-order valence-corrected chi connectivity index (χ4v) is 11.2. The van der Waals surface area contributed by atoms with Gasteiger partial charge in [0.2, 0.25) is 0 Å². The van der Waals surface area contributed by atoms with E-state index in [0.29, 0.717) is 6.42 Å². The summed E-state index contributed by atoms with van der Waals surface area (Å²) in [5.41, 5.74) is 0. The van der Waals surface area contributed by atoms with E-state index in [1.807, 2.05) is 24.3 Å². The number of benzene rings is 4. The largest absolute Gasteiger partial charge is 0.505 e. The molecule has 0 aliphatic heterocycles. The summed E-state index contributed by atoms with van der Waals surface area (Å²) < 4.78 is 5.05. The monoisotopic (exact) mass is 472 g/mol. The molecule has 4 aromatic carbocycles. The SMILES string of the molecule is O=C(O)OCCC(P(c1ccccc1)c1ccccc1)P(c1ccccc1)c1ccccc1. The van der Waals surface area contributed by atoms with Crippen molar-refractivity contribution in [3.8, 4) is 0 Å². The van der Waals surface area contributed by atoms with Gasteiger partial charge in [-0.15, -0.1) is 0 Å². The van der Waals surface area contributed by atoms with Gasteiger partial charge < -0.3 is 9.84 Å². The molecular weight excluding hydrogens is 446 g/mol. The molecule has 1 N–H and O–H groups in total. The van der Waals surface area contributed by atoms with Crippen LogP contribution >= 0.6 is 15.8 Å². The van der Waals surface area contributed by atoms with Crippen LogP contribution in [0.5, 0.6) is 0 Å². The van der Waals surface area contributed by atoms with Crippen LogP contribution in [0.15, 0.2) is 121 Å². The van der Waals surface area contributed by atoms with Crippen molar-refractivity contribution in [2.75, 3.05) is 6.61 Å². The van der Waals surface area contributed by atoms with Gasteiger partial charge in [0.1, 0.15) is 0 Å².